The molecule has 1 aliphatic heterocycles. The number of fused-ring (bicyclic) bond motifs is 4. The average Bonchev–Trinajstić information content (AvgIpc) is 3.19. The molecule has 0 unspecified atom stereocenters. The molecule has 0 fully saturated rings. The molecule has 2 nitrogen and oxygen atoms in total. The Bertz CT molecular complexity index is 981. The average molecular weight is 270 g/mol. The summed E-state index contributed by atoms with van der Waals surface area (Å²) in [5.74, 6) is 0. The van der Waals surface area contributed by atoms with Crippen molar-refractivity contribution in [3.63, 3.8) is 0 Å². The Balaban J connectivity index is 1.72. The van der Waals surface area contributed by atoms with Crippen molar-refractivity contribution in [2.75, 3.05) is 0 Å². The lowest BCUT2D eigenvalue weighted by molar-refractivity contribution is 0.882. The van der Waals surface area contributed by atoms with Crippen molar-refractivity contribution >= 4 is 27.4 Å². The van der Waals surface area contributed by atoms with Gasteiger partial charge in [0, 0.05) is 39.6 Å². The number of nitrogens with zero attached hydrogens (tertiary/aromatic N) is 1. The second kappa shape index (κ2) is 3.89. The quantitative estimate of drug-likeness (QED) is 0.523. The monoisotopic (exact) mass is 270 g/mol. The molecule has 1 aliphatic rings. The lowest BCUT2D eigenvalue weighted by Crippen LogP contribution is -1.92. The zero-order valence-corrected chi connectivity index (χ0v) is 11.5. The molecular formula is C19H14N2. The van der Waals surface area contributed by atoms with Gasteiger partial charge in [0.2, 0.25) is 0 Å². The van der Waals surface area contributed by atoms with Crippen LogP contribution in [0.25, 0.3) is 27.4 Å². The Hall–Kier alpha value is -2.74. The van der Waals surface area contributed by atoms with Crippen LogP contribution in [-0.4, -0.2) is 9.55 Å². The summed E-state index contributed by atoms with van der Waals surface area (Å²) < 4.78 is 2.39. The first-order chi connectivity index (χ1) is 10.4. The van der Waals surface area contributed by atoms with Crippen LogP contribution >= 0.6 is 0 Å². The van der Waals surface area contributed by atoms with Crippen molar-refractivity contribution in [1.82, 2.24) is 9.55 Å². The summed E-state index contributed by atoms with van der Waals surface area (Å²) in [6.45, 7) is 0.952. The fraction of sp³-hybridized carbons (Fsp3) is 0.0526. The third-order valence-electron chi connectivity index (χ3n) is 4.38. The molecule has 0 bridgehead atoms. The van der Waals surface area contributed by atoms with Gasteiger partial charge >= 0.3 is 0 Å². The molecule has 0 saturated heterocycles. The van der Waals surface area contributed by atoms with E-state index in [0.29, 0.717) is 0 Å². The maximum Gasteiger partial charge on any atom is 0.0512 e. The van der Waals surface area contributed by atoms with Crippen molar-refractivity contribution in [3.8, 4) is 0 Å². The summed E-state index contributed by atoms with van der Waals surface area (Å²) in [4.78, 5) is 3.54. The number of hydrogen-bond donors (Lipinski definition) is 1. The first-order valence-corrected chi connectivity index (χ1v) is 7.27. The standard InChI is InChI=1S/C19H14N2/c1-3-7-16-13(5-1)11-17(20-16)15-9-10-21-18-8-4-2-6-14(18)12-19(15)21/h1-9,11-12,20H,10H2. The Morgan fingerprint density at radius 3 is 2.57 bits per heavy atom. The SMILES string of the molecule is C1=C(c2cc3ccccc3[nH]2)c2cc3ccccc3n2C1. The molecule has 0 aliphatic carbocycles. The Morgan fingerprint density at radius 1 is 0.857 bits per heavy atom. The van der Waals surface area contributed by atoms with E-state index in [4.69, 9.17) is 0 Å². The van der Waals surface area contributed by atoms with E-state index in [0.717, 1.165) is 6.54 Å². The molecule has 1 N–H and O–H groups in total. The van der Waals surface area contributed by atoms with Crippen molar-refractivity contribution in [3.05, 3.63) is 78.1 Å². The molecule has 0 spiro atoms. The highest BCUT2D eigenvalue weighted by Crippen LogP contribution is 2.34. The first-order valence-electron chi connectivity index (χ1n) is 7.27. The maximum absolute atomic E-state index is 3.54. The fourth-order valence-electron chi connectivity index (χ4n) is 3.38. The number of hydrogen-bond acceptors (Lipinski definition) is 0. The minimum atomic E-state index is 0.952. The summed E-state index contributed by atoms with van der Waals surface area (Å²) in [7, 11) is 0. The van der Waals surface area contributed by atoms with E-state index < -0.39 is 0 Å². The van der Waals surface area contributed by atoms with Crippen molar-refractivity contribution in [1.29, 1.82) is 0 Å². The van der Waals surface area contributed by atoms with Crippen LogP contribution in [0.4, 0.5) is 0 Å². The van der Waals surface area contributed by atoms with Gasteiger partial charge in [-0.2, -0.15) is 0 Å². The highest BCUT2D eigenvalue weighted by Gasteiger charge is 2.19. The van der Waals surface area contributed by atoms with Gasteiger partial charge in [-0.3, -0.25) is 0 Å². The molecule has 0 atom stereocenters. The minimum absolute atomic E-state index is 0.952. The Kier molecular flexibility index (Phi) is 2.03. The van der Waals surface area contributed by atoms with Crippen LogP contribution in [0.15, 0.2) is 66.7 Å². The zero-order chi connectivity index (χ0) is 13.8. The number of rotatable bonds is 1. The van der Waals surface area contributed by atoms with Crippen molar-refractivity contribution < 1.29 is 0 Å². The number of allylic oxidation sites excluding steroid dienone is 1. The van der Waals surface area contributed by atoms with Crippen LogP contribution in [-0.2, 0) is 6.54 Å². The molecule has 2 aromatic carbocycles. The minimum Gasteiger partial charge on any atom is -0.354 e. The number of benzene rings is 2. The van der Waals surface area contributed by atoms with Crippen LogP contribution < -0.4 is 0 Å². The van der Waals surface area contributed by atoms with E-state index in [1.165, 1.54) is 38.8 Å². The topological polar surface area (TPSA) is 20.7 Å². The van der Waals surface area contributed by atoms with Gasteiger partial charge in [-0.25, -0.2) is 0 Å². The number of para-hydroxylation sites is 2. The molecular weight excluding hydrogens is 256 g/mol. The summed E-state index contributed by atoms with van der Waals surface area (Å²) in [6, 6.07) is 21.6. The maximum atomic E-state index is 3.54. The summed E-state index contributed by atoms with van der Waals surface area (Å²) >= 11 is 0. The molecule has 0 amide bonds. The zero-order valence-electron chi connectivity index (χ0n) is 11.5. The molecule has 5 rings (SSSR count). The molecule has 2 heteroatoms. The van der Waals surface area contributed by atoms with Crippen molar-refractivity contribution in [2.24, 2.45) is 0 Å². The van der Waals surface area contributed by atoms with Crippen LogP contribution in [0.3, 0.4) is 0 Å². The number of nitrogens with one attached hydrogen (secondary N) is 1. The summed E-state index contributed by atoms with van der Waals surface area (Å²) in [5.41, 5.74) is 6.33. The largest absolute Gasteiger partial charge is 0.354 e. The van der Waals surface area contributed by atoms with Crippen LogP contribution in [0.2, 0.25) is 0 Å². The Morgan fingerprint density at radius 2 is 1.67 bits per heavy atom. The van der Waals surface area contributed by atoms with E-state index in [1.54, 1.807) is 0 Å². The van der Waals surface area contributed by atoms with Gasteiger partial charge in [0.05, 0.1) is 5.69 Å². The summed E-state index contributed by atoms with van der Waals surface area (Å²) in [5, 5.41) is 2.58. The second-order valence-corrected chi connectivity index (χ2v) is 5.59. The lowest BCUT2D eigenvalue weighted by Gasteiger charge is -2.01. The van der Waals surface area contributed by atoms with Gasteiger partial charge < -0.3 is 9.55 Å². The third-order valence-corrected chi connectivity index (χ3v) is 4.38. The molecule has 3 heterocycles. The highest BCUT2D eigenvalue weighted by molar-refractivity contribution is 5.93. The Labute approximate surface area is 122 Å². The van der Waals surface area contributed by atoms with E-state index in [2.05, 4.69) is 76.3 Å². The fourth-order valence-corrected chi connectivity index (χ4v) is 3.38. The molecule has 100 valence electrons. The van der Waals surface area contributed by atoms with Crippen LogP contribution in [0.5, 0.6) is 0 Å². The molecule has 4 aromatic rings. The van der Waals surface area contributed by atoms with Gasteiger partial charge in [-0.1, -0.05) is 42.5 Å². The van der Waals surface area contributed by atoms with E-state index in [9.17, 15) is 0 Å². The molecule has 21 heavy (non-hydrogen) atoms. The van der Waals surface area contributed by atoms with Gasteiger partial charge in [-0.05, 0) is 24.3 Å². The van der Waals surface area contributed by atoms with Crippen LogP contribution in [0, 0.1) is 0 Å². The first kappa shape index (κ1) is 11.0. The number of H-pyrrole nitrogens is 1. The van der Waals surface area contributed by atoms with Crippen LogP contribution in [0.1, 0.15) is 11.4 Å². The summed E-state index contributed by atoms with van der Waals surface area (Å²) in [6.07, 6.45) is 2.31. The van der Waals surface area contributed by atoms with E-state index >= 15 is 0 Å². The van der Waals surface area contributed by atoms with E-state index in [1.807, 2.05) is 0 Å². The van der Waals surface area contributed by atoms with E-state index in [-0.39, 0.29) is 0 Å². The van der Waals surface area contributed by atoms with Crippen molar-refractivity contribution in [2.45, 2.75) is 6.54 Å². The van der Waals surface area contributed by atoms with Gasteiger partial charge in [0.25, 0.3) is 0 Å². The lowest BCUT2D eigenvalue weighted by atomic mass is 10.1. The second-order valence-electron chi connectivity index (χ2n) is 5.59. The van der Waals surface area contributed by atoms with Gasteiger partial charge in [0.15, 0.2) is 0 Å². The molecule has 0 saturated carbocycles. The molecule has 2 aromatic heterocycles. The predicted octanol–water partition coefficient (Wildman–Crippen LogP) is 4.57. The highest BCUT2D eigenvalue weighted by atomic mass is 15.0. The third kappa shape index (κ3) is 1.47. The number of aromatic nitrogens is 2. The predicted molar refractivity (Wildman–Crippen MR) is 87.3 cm³/mol. The number of aromatic amines is 1. The smallest absolute Gasteiger partial charge is 0.0512 e. The van der Waals surface area contributed by atoms with Gasteiger partial charge in [-0.15, -0.1) is 0 Å². The van der Waals surface area contributed by atoms with Gasteiger partial charge in [0.1, 0.15) is 0 Å². The normalized spacial score (nSPS) is 13.8. The molecule has 0 radical (unpaired) electrons.